The zero-order valence-corrected chi connectivity index (χ0v) is 18.4. The highest BCUT2D eigenvalue weighted by Gasteiger charge is 2.35. The molecule has 7 rings (SSSR count). The number of fused-ring (bicyclic) bond motifs is 4. The van der Waals surface area contributed by atoms with Crippen molar-refractivity contribution in [3.05, 3.63) is 65.6 Å². The summed E-state index contributed by atoms with van der Waals surface area (Å²) in [6.45, 7) is 0. The van der Waals surface area contributed by atoms with Gasteiger partial charge in [-0.15, -0.1) is 0 Å². The van der Waals surface area contributed by atoms with Gasteiger partial charge in [-0.1, -0.05) is 54.8 Å². The molecule has 0 radical (unpaired) electrons. The highest BCUT2D eigenvalue weighted by molar-refractivity contribution is 6.35. The Labute approximate surface area is 191 Å². The summed E-state index contributed by atoms with van der Waals surface area (Å²) < 4.78 is 14.1. The molecule has 0 amide bonds. The molecular formula is C26H24ClFN4. The Kier molecular flexibility index (Phi) is 4.87. The Morgan fingerprint density at radius 1 is 1.00 bits per heavy atom. The molecule has 2 N–H and O–H groups in total. The molecule has 4 aromatic rings. The van der Waals surface area contributed by atoms with Gasteiger partial charge < -0.3 is 10.3 Å². The quantitative estimate of drug-likeness (QED) is 0.352. The number of rotatable bonds is 4. The maximum absolute atomic E-state index is 14.1. The normalized spacial score (nSPS) is 22.4. The fourth-order valence-corrected chi connectivity index (χ4v) is 5.74. The van der Waals surface area contributed by atoms with Crippen LogP contribution in [0.5, 0.6) is 0 Å². The van der Waals surface area contributed by atoms with Crippen LogP contribution in [0, 0.1) is 17.7 Å². The van der Waals surface area contributed by atoms with Gasteiger partial charge in [0.05, 0.1) is 16.2 Å². The lowest BCUT2D eigenvalue weighted by Crippen LogP contribution is -2.40. The number of anilines is 1. The minimum Gasteiger partial charge on any atom is -0.367 e. The Bertz CT molecular complexity index is 1280. The van der Waals surface area contributed by atoms with Gasteiger partial charge >= 0.3 is 0 Å². The van der Waals surface area contributed by atoms with E-state index in [2.05, 4.69) is 10.3 Å². The van der Waals surface area contributed by atoms with Crippen molar-refractivity contribution in [2.75, 3.05) is 5.32 Å². The van der Waals surface area contributed by atoms with Gasteiger partial charge in [0.1, 0.15) is 11.6 Å². The molecule has 6 heteroatoms. The van der Waals surface area contributed by atoms with Gasteiger partial charge in [-0.05, 0) is 43.2 Å². The molecule has 162 valence electrons. The fraction of sp³-hybridized carbons (Fsp3) is 0.308. The lowest BCUT2D eigenvalue weighted by Gasteiger charge is -2.42. The molecule has 2 aromatic heterocycles. The number of benzene rings is 2. The minimum atomic E-state index is -0.376. The van der Waals surface area contributed by atoms with Crippen LogP contribution >= 0.6 is 11.6 Å². The third-order valence-corrected chi connectivity index (χ3v) is 7.42. The molecule has 0 spiro atoms. The summed E-state index contributed by atoms with van der Waals surface area (Å²) in [5, 5.41) is 4.77. The van der Waals surface area contributed by atoms with Gasteiger partial charge in [-0.2, -0.15) is 0 Å². The van der Waals surface area contributed by atoms with E-state index >= 15 is 0 Å². The maximum Gasteiger partial charge on any atom is 0.164 e. The molecule has 1 unspecified atom stereocenters. The predicted octanol–water partition coefficient (Wildman–Crippen LogP) is 7.08. The van der Waals surface area contributed by atoms with E-state index in [1.54, 1.807) is 0 Å². The van der Waals surface area contributed by atoms with Crippen molar-refractivity contribution in [1.82, 2.24) is 15.0 Å². The minimum absolute atomic E-state index is 0.349. The van der Waals surface area contributed by atoms with Crippen LogP contribution in [0.4, 0.5) is 10.2 Å². The fourth-order valence-electron chi connectivity index (χ4n) is 5.48. The molecule has 3 fully saturated rings. The average molecular weight is 447 g/mol. The van der Waals surface area contributed by atoms with E-state index in [1.807, 2.05) is 42.6 Å². The monoisotopic (exact) mass is 446 g/mol. The number of hydrogen-bond acceptors (Lipinski definition) is 3. The number of aromatic nitrogens is 3. The Balaban J connectivity index is 1.46. The summed E-state index contributed by atoms with van der Waals surface area (Å²) in [4.78, 5) is 12.9. The first-order chi connectivity index (χ1) is 15.6. The number of nitrogens with one attached hydrogen (secondary N) is 2. The van der Waals surface area contributed by atoms with Crippen molar-refractivity contribution in [3.63, 3.8) is 0 Å². The first-order valence-electron chi connectivity index (χ1n) is 11.3. The summed E-state index contributed by atoms with van der Waals surface area (Å²) in [6.07, 6.45) is 8.33. The second-order valence-corrected chi connectivity index (χ2v) is 9.52. The van der Waals surface area contributed by atoms with Crippen LogP contribution in [0.3, 0.4) is 0 Å². The van der Waals surface area contributed by atoms with E-state index in [0.29, 0.717) is 33.7 Å². The van der Waals surface area contributed by atoms with Crippen LogP contribution < -0.4 is 5.32 Å². The standard InChI is InChI=1S/C26H24ClFN4/c27-21-12-18(28)11-19-20(14-29-25(19)21)26-31-23(16-4-2-1-3-5-16)13-24(32-26)30-22-10-15-6-8-17(22)9-7-15/h1-5,11-15,17,22,29H,6-10H2,(H,30,31,32). The number of H-pyrrole nitrogens is 1. The van der Waals surface area contributed by atoms with Crippen LogP contribution in [0.2, 0.25) is 5.02 Å². The van der Waals surface area contributed by atoms with Crippen molar-refractivity contribution < 1.29 is 4.39 Å². The highest BCUT2D eigenvalue weighted by Crippen LogP contribution is 2.42. The number of halogens is 2. The van der Waals surface area contributed by atoms with E-state index < -0.39 is 0 Å². The van der Waals surface area contributed by atoms with E-state index in [9.17, 15) is 4.39 Å². The van der Waals surface area contributed by atoms with Gasteiger partial charge in [0.25, 0.3) is 0 Å². The molecule has 2 bridgehead atoms. The van der Waals surface area contributed by atoms with E-state index in [0.717, 1.165) is 28.6 Å². The van der Waals surface area contributed by atoms with E-state index in [4.69, 9.17) is 21.6 Å². The van der Waals surface area contributed by atoms with Crippen molar-refractivity contribution in [2.24, 2.45) is 11.8 Å². The SMILES string of the molecule is Fc1cc(Cl)c2[nH]cc(-c3nc(NC4CC5CCC4CC5)cc(-c4ccccc4)n3)c2c1. The average Bonchev–Trinajstić information content (AvgIpc) is 3.24. The van der Waals surface area contributed by atoms with Gasteiger partial charge in [0, 0.05) is 34.8 Å². The van der Waals surface area contributed by atoms with Crippen LogP contribution in [-0.4, -0.2) is 21.0 Å². The molecular weight excluding hydrogens is 423 g/mol. The zero-order valence-electron chi connectivity index (χ0n) is 17.6. The van der Waals surface area contributed by atoms with Crippen molar-refractivity contribution in [2.45, 2.75) is 38.1 Å². The van der Waals surface area contributed by atoms with Crippen LogP contribution in [0.1, 0.15) is 32.1 Å². The van der Waals surface area contributed by atoms with Gasteiger partial charge in [-0.25, -0.2) is 14.4 Å². The topological polar surface area (TPSA) is 53.6 Å². The van der Waals surface area contributed by atoms with E-state index in [1.165, 1.54) is 44.2 Å². The van der Waals surface area contributed by atoms with Crippen LogP contribution in [0.15, 0.2) is 54.7 Å². The summed E-state index contributed by atoms with van der Waals surface area (Å²) in [5.74, 6) is 2.54. The third-order valence-electron chi connectivity index (χ3n) is 7.12. The van der Waals surface area contributed by atoms with Crippen molar-refractivity contribution >= 4 is 28.3 Å². The first-order valence-corrected chi connectivity index (χ1v) is 11.7. The Morgan fingerprint density at radius 2 is 1.81 bits per heavy atom. The lowest BCUT2D eigenvalue weighted by atomic mass is 9.68. The highest BCUT2D eigenvalue weighted by atomic mass is 35.5. The molecule has 3 saturated carbocycles. The molecule has 32 heavy (non-hydrogen) atoms. The van der Waals surface area contributed by atoms with Gasteiger partial charge in [-0.3, -0.25) is 0 Å². The predicted molar refractivity (Wildman–Crippen MR) is 127 cm³/mol. The summed E-state index contributed by atoms with van der Waals surface area (Å²) in [5.41, 5.74) is 3.30. The zero-order chi connectivity index (χ0) is 21.7. The molecule has 4 nitrogen and oxygen atoms in total. The molecule has 2 heterocycles. The van der Waals surface area contributed by atoms with Crippen LogP contribution in [-0.2, 0) is 0 Å². The largest absolute Gasteiger partial charge is 0.367 e. The lowest BCUT2D eigenvalue weighted by molar-refractivity contribution is 0.157. The number of hydrogen-bond donors (Lipinski definition) is 2. The summed E-state index contributed by atoms with van der Waals surface area (Å²) in [7, 11) is 0. The van der Waals surface area contributed by atoms with Crippen molar-refractivity contribution in [1.29, 1.82) is 0 Å². The van der Waals surface area contributed by atoms with Gasteiger partial charge in [0.15, 0.2) is 5.82 Å². The molecule has 0 saturated heterocycles. The number of nitrogens with zero attached hydrogens (tertiary/aromatic N) is 2. The second-order valence-electron chi connectivity index (χ2n) is 9.11. The van der Waals surface area contributed by atoms with Crippen LogP contribution in [0.25, 0.3) is 33.5 Å². The molecule has 1 atom stereocenters. The summed E-state index contributed by atoms with van der Waals surface area (Å²) in [6, 6.07) is 15.4. The first kappa shape index (κ1) is 19.7. The maximum atomic E-state index is 14.1. The molecule has 3 aliphatic carbocycles. The third kappa shape index (κ3) is 3.55. The van der Waals surface area contributed by atoms with Crippen molar-refractivity contribution in [3.8, 4) is 22.6 Å². The van der Waals surface area contributed by atoms with Gasteiger partial charge in [0.2, 0.25) is 0 Å². The molecule has 3 aliphatic rings. The summed E-state index contributed by atoms with van der Waals surface area (Å²) >= 11 is 6.26. The smallest absolute Gasteiger partial charge is 0.164 e. The number of aromatic amines is 1. The Morgan fingerprint density at radius 3 is 2.56 bits per heavy atom. The second kappa shape index (κ2) is 7.89. The van der Waals surface area contributed by atoms with E-state index in [-0.39, 0.29) is 5.82 Å². The molecule has 0 aliphatic heterocycles. The Hall–Kier alpha value is -2.92. The molecule has 2 aromatic carbocycles.